The van der Waals surface area contributed by atoms with Crippen LogP contribution in [0.3, 0.4) is 0 Å². The average Bonchev–Trinajstić information content (AvgIpc) is 2.65. The van der Waals surface area contributed by atoms with Crippen LogP contribution in [0.25, 0.3) is 0 Å². The molecular formula is C21H29N3O3S. The summed E-state index contributed by atoms with van der Waals surface area (Å²) in [5.41, 5.74) is 0.920. The van der Waals surface area contributed by atoms with Gasteiger partial charge in [0, 0.05) is 36.4 Å². The third kappa shape index (κ3) is 6.07. The summed E-state index contributed by atoms with van der Waals surface area (Å²) in [7, 11) is -3.69. The van der Waals surface area contributed by atoms with E-state index < -0.39 is 10.0 Å². The minimum absolute atomic E-state index is 0.110. The molecule has 0 heterocycles. The zero-order valence-corrected chi connectivity index (χ0v) is 17.7. The highest BCUT2D eigenvalue weighted by Gasteiger charge is 2.16. The molecule has 0 fully saturated rings. The fourth-order valence-corrected chi connectivity index (χ4v) is 4.08. The van der Waals surface area contributed by atoms with E-state index >= 15 is 0 Å². The lowest BCUT2D eigenvalue weighted by atomic mass is 10.2. The van der Waals surface area contributed by atoms with Gasteiger partial charge in [-0.3, -0.25) is 14.4 Å². The Morgan fingerprint density at radius 3 is 2.04 bits per heavy atom. The van der Waals surface area contributed by atoms with E-state index in [-0.39, 0.29) is 10.8 Å². The van der Waals surface area contributed by atoms with Gasteiger partial charge in [-0.25, -0.2) is 8.42 Å². The minimum Gasteiger partial charge on any atom is -0.351 e. The van der Waals surface area contributed by atoms with Crippen LogP contribution in [0.1, 0.15) is 38.1 Å². The Morgan fingerprint density at radius 1 is 0.929 bits per heavy atom. The highest BCUT2D eigenvalue weighted by molar-refractivity contribution is 7.92. The quantitative estimate of drug-likeness (QED) is 0.673. The van der Waals surface area contributed by atoms with E-state index in [1.807, 2.05) is 6.07 Å². The van der Waals surface area contributed by atoms with E-state index in [2.05, 4.69) is 42.6 Å². The van der Waals surface area contributed by atoms with Crippen LogP contribution < -0.4 is 10.0 Å². The molecule has 0 aliphatic carbocycles. The molecule has 0 radical (unpaired) electrons. The summed E-state index contributed by atoms with van der Waals surface area (Å²) in [4.78, 5) is 14.7. The lowest BCUT2D eigenvalue weighted by molar-refractivity contribution is 0.0939. The molecule has 0 aliphatic rings. The number of nitrogens with zero attached hydrogens (tertiary/aromatic N) is 1. The zero-order valence-electron chi connectivity index (χ0n) is 16.8. The van der Waals surface area contributed by atoms with Crippen LogP contribution in [0.5, 0.6) is 0 Å². The first kappa shape index (κ1) is 21.9. The third-order valence-corrected chi connectivity index (χ3v) is 5.83. The van der Waals surface area contributed by atoms with E-state index in [4.69, 9.17) is 0 Å². The van der Waals surface area contributed by atoms with Gasteiger partial charge in [-0.1, -0.05) is 18.2 Å². The van der Waals surface area contributed by atoms with Crippen molar-refractivity contribution in [1.82, 2.24) is 10.2 Å². The Hall–Kier alpha value is -2.38. The molecule has 0 aromatic heterocycles. The summed E-state index contributed by atoms with van der Waals surface area (Å²) >= 11 is 0. The second-order valence-corrected chi connectivity index (χ2v) is 8.86. The van der Waals surface area contributed by atoms with E-state index in [0.29, 0.717) is 29.9 Å². The van der Waals surface area contributed by atoms with Crippen molar-refractivity contribution in [3.8, 4) is 0 Å². The number of rotatable bonds is 9. The monoisotopic (exact) mass is 403 g/mol. The second kappa shape index (κ2) is 9.71. The van der Waals surface area contributed by atoms with Gasteiger partial charge in [0.25, 0.3) is 15.9 Å². The number of carbonyl (C=O) groups excluding carboxylic acids is 1. The number of hydrogen-bond acceptors (Lipinski definition) is 4. The molecule has 2 rings (SSSR count). The van der Waals surface area contributed by atoms with Crippen molar-refractivity contribution < 1.29 is 13.2 Å². The summed E-state index contributed by atoms with van der Waals surface area (Å²) in [6.45, 7) is 9.81. The normalized spacial score (nSPS) is 11.8. The molecule has 0 aliphatic heterocycles. The summed E-state index contributed by atoms with van der Waals surface area (Å²) in [5.74, 6) is -0.215. The number of anilines is 1. The SMILES string of the molecule is CC(C)N(CCNC(=O)c1ccc(S(=O)(=O)Nc2ccccc2)cc1)C(C)C. The third-order valence-electron chi connectivity index (χ3n) is 4.43. The average molecular weight is 404 g/mol. The highest BCUT2D eigenvalue weighted by atomic mass is 32.2. The summed E-state index contributed by atoms with van der Waals surface area (Å²) in [5, 5.41) is 2.89. The van der Waals surface area contributed by atoms with Gasteiger partial charge in [0.1, 0.15) is 0 Å². The predicted molar refractivity (Wildman–Crippen MR) is 113 cm³/mol. The van der Waals surface area contributed by atoms with E-state index in [1.54, 1.807) is 24.3 Å². The number of benzene rings is 2. The van der Waals surface area contributed by atoms with E-state index in [9.17, 15) is 13.2 Å². The highest BCUT2D eigenvalue weighted by Crippen LogP contribution is 2.16. The Bertz CT molecular complexity index is 856. The molecule has 6 nitrogen and oxygen atoms in total. The number of hydrogen-bond donors (Lipinski definition) is 2. The van der Waals surface area contributed by atoms with Crippen LogP contribution in [0.4, 0.5) is 5.69 Å². The van der Waals surface area contributed by atoms with Crippen molar-refractivity contribution in [2.45, 2.75) is 44.7 Å². The van der Waals surface area contributed by atoms with Gasteiger partial charge in [-0.15, -0.1) is 0 Å². The fraction of sp³-hybridized carbons (Fsp3) is 0.381. The Balaban J connectivity index is 1.97. The first-order valence-corrected chi connectivity index (χ1v) is 10.9. The number of para-hydroxylation sites is 1. The molecule has 0 bridgehead atoms. The molecule has 152 valence electrons. The van der Waals surface area contributed by atoms with Crippen molar-refractivity contribution in [2.75, 3.05) is 17.8 Å². The zero-order chi connectivity index (χ0) is 20.7. The maximum Gasteiger partial charge on any atom is 0.261 e. The van der Waals surface area contributed by atoms with Crippen LogP contribution in [-0.4, -0.2) is 44.4 Å². The van der Waals surface area contributed by atoms with Crippen LogP contribution >= 0.6 is 0 Å². The van der Waals surface area contributed by atoms with E-state index in [1.165, 1.54) is 24.3 Å². The van der Waals surface area contributed by atoms with Crippen LogP contribution in [0.15, 0.2) is 59.5 Å². The van der Waals surface area contributed by atoms with E-state index in [0.717, 1.165) is 6.54 Å². The Morgan fingerprint density at radius 2 is 1.50 bits per heavy atom. The first-order valence-electron chi connectivity index (χ1n) is 9.42. The largest absolute Gasteiger partial charge is 0.351 e. The van der Waals surface area contributed by atoms with Crippen molar-refractivity contribution in [3.63, 3.8) is 0 Å². The standard InChI is InChI=1S/C21H29N3O3S/c1-16(2)24(17(3)4)15-14-22-21(25)18-10-12-20(13-11-18)28(26,27)23-19-8-6-5-7-9-19/h5-13,16-17,23H,14-15H2,1-4H3,(H,22,25). The van der Waals surface area contributed by atoms with Crippen LogP contribution in [0.2, 0.25) is 0 Å². The first-order chi connectivity index (χ1) is 13.2. The smallest absolute Gasteiger partial charge is 0.261 e. The van der Waals surface area contributed by atoms with Gasteiger partial charge in [-0.2, -0.15) is 0 Å². The van der Waals surface area contributed by atoms with Crippen molar-refractivity contribution in [3.05, 3.63) is 60.2 Å². The molecule has 0 unspecified atom stereocenters. The maximum atomic E-state index is 12.4. The molecule has 2 N–H and O–H groups in total. The lowest BCUT2D eigenvalue weighted by Gasteiger charge is -2.30. The number of amides is 1. The molecule has 0 spiro atoms. The molecule has 1 amide bonds. The summed E-state index contributed by atoms with van der Waals surface area (Å²) in [6.07, 6.45) is 0. The Kier molecular flexibility index (Phi) is 7.60. The molecule has 28 heavy (non-hydrogen) atoms. The molecule has 2 aromatic carbocycles. The second-order valence-electron chi connectivity index (χ2n) is 7.18. The lowest BCUT2D eigenvalue weighted by Crippen LogP contribution is -2.42. The number of carbonyl (C=O) groups is 1. The number of nitrogens with one attached hydrogen (secondary N) is 2. The maximum absolute atomic E-state index is 12.4. The molecule has 7 heteroatoms. The van der Waals surface area contributed by atoms with Crippen molar-refractivity contribution >= 4 is 21.6 Å². The molecular weight excluding hydrogens is 374 g/mol. The van der Waals surface area contributed by atoms with Gasteiger partial charge < -0.3 is 5.32 Å². The van der Waals surface area contributed by atoms with Crippen molar-refractivity contribution in [2.24, 2.45) is 0 Å². The van der Waals surface area contributed by atoms with Gasteiger partial charge >= 0.3 is 0 Å². The fourth-order valence-electron chi connectivity index (χ4n) is 3.02. The van der Waals surface area contributed by atoms with Crippen LogP contribution in [-0.2, 0) is 10.0 Å². The van der Waals surface area contributed by atoms with Gasteiger partial charge in [-0.05, 0) is 64.1 Å². The molecule has 0 saturated heterocycles. The number of sulfonamides is 1. The van der Waals surface area contributed by atoms with Gasteiger partial charge in [0.2, 0.25) is 0 Å². The van der Waals surface area contributed by atoms with Crippen molar-refractivity contribution in [1.29, 1.82) is 0 Å². The summed E-state index contributed by atoms with van der Waals surface area (Å²) in [6, 6.07) is 15.4. The van der Waals surface area contributed by atoms with Gasteiger partial charge in [0.15, 0.2) is 0 Å². The van der Waals surface area contributed by atoms with Gasteiger partial charge in [0.05, 0.1) is 4.90 Å². The summed E-state index contributed by atoms with van der Waals surface area (Å²) < 4.78 is 27.4. The molecule has 2 aromatic rings. The van der Waals surface area contributed by atoms with Crippen LogP contribution in [0, 0.1) is 0 Å². The predicted octanol–water partition coefficient (Wildman–Crippen LogP) is 3.34. The topological polar surface area (TPSA) is 78.5 Å². The molecule has 0 saturated carbocycles. The molecule has 0 atom stereocenters. The Labute approximate surface area is 168 Å². The minimum atomic E-state index is -3.69.